The topological polar surface area (TPSA) is 0 Å². The molecule has 0 aliphatic carbocycles. The summed E-state index contributed by atoms with van der Waals surface area (Å²) in [5, 5.41) is 3.69. The van der Waals surface area contributed by atoms with Crippen molar-refractivity contribution < 1.29 is 0 Å². The molecule has 0 amide bonds. The average Bonchev–Trinajstić information content (AvgIpc) is 2.89. The fourth-order valence-electron chi connectivity index (χ4n) is 3.92. The summed E-state index contributed by atoms with van der Waals surface area (Å²) in [7, 11) is 0. The van der Waals surface area contributed by atoms with Crippen LogP contribution in [0.25, 0.3) is 0 Å². The molecule has 0 spiro atoms. The van der Waals surface area contributed by atoms with Crippen LogP contribution in [0.4, 0.5) is 0 Å². The summed E-state index contributed by atoms with van der Waals surface area (Å²) in [5.74, 6) is 0. The molecule has 120 valence electrons. The summed E-state index contributed by atoms with van der Waals surface area (Å²) < 4.78 is 0. The zero-order valence-corrected chi connectivity index (χ0v) is 23.1. The molecular formula is C16H22Se3Si4. The van der Waals surface area contributed by atoms with E-state index in [0.717, 1.165) is 41.0 Å². The first-order valence-electron chi connectivity index (χ1n) is 8.05. The van der Waals surface area contributed by atoms with Gasteiger partial charge < -0.3 is 0 Å². The second-order valence-corrected chi connectivity index (χ2v) is 95.4. The normalized spacial score (nSPS) is 42.1. The molecular weight excluding hydrogens is 541 g/mol. The molecule has 2 saturated heterocycles. The van der Waals surface area contributed by atoms with E-state index < -0.39 is 22.0 Å². The third-order valence-electron chi connectivity index (χ3n) is 5.57. The predicted molar refractivity (Wildman–Crippen MR) is 116 cm³/mol. The molecule has 0 saturated carbocycles. The van der Waals surface area contributed by atoms with E-state index in [9.17, 15) is 0 Å². The zero-order valence-electron chi connectivity index (χ0n) is 14.0. The maximum atomic E-state index is 2.88. The Morgan fingerprint density at radius 1 is 0.522 bits per heavy atom. The first-order valence-corrected chi connectivity index (χ1v) is 34.9. The predicted octanol–water partition coefficient (Wildman–Crippen LogP) is 1.39. The van der Waals surface area contributed by atoms with Gasteiger partial charge in [-0.1, -0.05) is 0 Å². The van der Waals surface area contributed by atoms with Crippen LogP contribution < -0.4 is 10.4 Å². The Morgan fingerprint density at radius 2 is 0.870 bits per heavy atom. The van der Waals surface area contributed by atoms with Gasteiger partial charge in [-0.3, -0.25) is 0 Å². The monoisotopic (exact) mass is 566 g/mol. The van der Waals surface area contributed by atoms with Gasteiger partial charge in [0.25, 0.3) is 0 Å². The molecule has 0 aromatic heterocycles. The van der Waals surface area contributed by atoms with Gasteiger partial charge in [0.05, 0.1) is 0 Å². The molecule has 2 aliphatic rings. The van der Waals surface area contributed by atoms with E-state index in [4.69, 9.17) is 0 Å². The number of rotatable bonds is 2. The van der Waals surface area contributed by atoms with E-state index in [1.807, 2.05) is 10.4 Å². The summed E-state index contributed by atoms with van der Waals surface area (Å²) in [4.78, 5) is -1.91. The first kappa shape index (κ1) is 17.3. The Hall–Kier alpha value is 0.866. The van der Waals surface area contributed by atoms with Crippen LogP contribution in [0.3, 0.4) is 0 Å². The summed E-state index contributed by atoms with van der Waals surface area (Å²) in [6.07, 6.45) is -2.21. The van der Waals surface area contributed by atoms with Crippen LogP contribution >= 0.6 is 0 Å². The Labute approximate surface area is 159 Å². The molecule has 2 aliphatic heterocycles. The number of hydrogen-bond donors (Lipinski definition) is 0. The number of benzene rings is 2. The second-order valence-electron chi connectivity index (χ2n) is 7.00. The molecule has 1 unspecified atom stereocenters. The van der Waals surface area contributed by atoms with E-state index in [1.165, 1.54) is 0 Å². The summed E-state index contributed by atoms with van der Waals surface area (Å²) in [5.41, 5.74) is 0. The van der Waals surface area contributed by atoms with Crippen molar-refractivity contribution in [2.75, 3.05) is 0 Å². The Balaban J connectivity index is 1.81. The van der Waals surface area contributed by atoms with Gasteiger partial charge in [0.15, 0.2) is 0 Å². The molecule has 23 heavy (non-hydrogen) atoms. The van der Waals surface area contributed by atoms with Gasteiger partial charge >= 0.3 is 160 Å². The van der Waals surface area contributed by atoms with Gasteiger partial charge in [0.2, 0.25) is 0 Å². The van der Waals surface area contributed by atoms with Crippen molar-refractivity contribution in [3.8, 4) is 0 Å². The Bertz CT molecular complexity index is 682. The molecule has 2 aromatic rings. The quantitative estimate of drug-likeness (QED) is 0.485. The third-order valence-corrected chi connectivity index (χ3v) is 213. The molecule has 0 N–H and O–H groups in total. The van der Waals surface area contributed by atoms with Crippen LogP contribution in [0, 0.1) is 0 Å². The van der Waals surface area contributed by atoms with Gasteiger partial charge in [-0.15, -0.1) is 0 Å². The molecule has 2 fully saturated rings. The van der Waals surface area contributed by atoms with Crippen LogP contribution in [0.1, 0.15) is 0 Å². The zero-order chi connectivity index (χ0) is 16.3. The van der Waals surface area contributed by atoms with Gasteiger partial charge in [-0.05, 0) is 0 Å². The van der Waals surface area contributed by atoms with E-state index >= 15 is 0 Å². The van der Waals surface area contributed by atoms with Gasteiger partial charge in [-0.2, -0.15) is 0 Å². The van der Waals surface area contributed by atoms with Crippen LogP contribution in [-0.4, -0.2) is 63.0 Å². The number of fused-ring (bicyclic) bond motifs is 2. The van der Waals surface area contributed by atoms with Crippen LogP contribution in [0.2, 0.25) is 26.2 Å². The van der Waals surface area contributed by atoms with Crippen LogP contribution in [0.15, 0.2) is 60.7 Å². The summed E-state index contributed by atoms with van der Waals surface area (Å²) in [6, 6.07) is 23.7. The molecule has 0 radical (unpaired) electrons. The van der Waals surface area contributed by atoms with E-state index in [1.54, 1.807) is 0 Å². The minimum atomic E-state index is -1.11. The van der Waals surface area contributed by atoms with Gasteiger partial charge in [0, 0.05) is 0 Å². The molecule has 2 heterocycles. The SMILES string of the molecule is C[Si]1(c2ccccc2)[Se][Si@]2(C)[Se][Si@]1(C)[Se][Si@]2(C)c1ccccc1. The van der Waals surface area contributed by atoms with E-state index in [2.05, 4.69) is 86.9 Å². The Morgan fingerprint density at radius 3 is 1.17 bits per heavy atom. The maximum absolute atomic E-state index is 2.88. The first-order chi connectivity index (χ1) is 10.8. The minimum absolute atomic E-state index is 0.956. The van der Waals surface area contributed by atoms with Crippen molar-refractivity contribution in [2.24, 2.45) is 0 Å². The molecule has 0 nitrogen and oxygen atoms in total. The fraction of sp³-hybridized carbons (Fsp3) is 0.250. The molecule has 4 atom stereocenters. The third kappa shape index (κ3) is 2.37. The van der Waals surface area contributed by atoms with Crippen molar-refractivity contribution in [3.05, 3.63) is 60.7 Å². The van der Waals surface area contributed by atoms with Gasteiger partial charge in [-0.25, -0.2) is 0 Å². The van der Waals surface area contributed by atoms with Crippen molar-refractivity contribution >= 4 is 73.4 Å². The molecule has 7 heteroatoms. The van der Waals surface area contributed by atoms with Crippen molar-refractivity contribution in [3.63, 3.8) is 0 Å². The average molecular weight is 564 g/mol. The fourth-order valence-corrected chi connectivity index (χ4v) is 468. The van der Waals surface area contributed by atoms with Crippen molar-refractivity contribution in [1.29, 1.82) is 0 Å². The standard InChI is InChI=1S/C16H22Se3Si4/c1-20(15-11-7-5-8-12-15)17-23(4)19-22(20,3)18-21(23,2)16-13-9-6-10-14-16/h5-14H,1-4H3/t20-,21?,22+,23-/m0/s1. The molecule has 4 rings (SSSR count). The van der Waals surface area contributed by atoms with Crippen LogP contribution in [0.5, 0.6) is 0 Å². The summed E-state index contributed by atoms with van der Waals surface area (Å²) in [6.45, 7) is 11.4. The number of hydrogen-bond acceptors (Lipinski definition) is 0. The van der Waals surface area contributed by atoms with Crippen LogP contribution in [-0.2, 0) is 0 Å². The molecule has 2 aromatic carbocycles. The van der Waals surface area contributed by atoms with E-state index in [-0.39, 0.29) is 0 Å². The van der Waals surface area contributed by atoms with Crippen molar-refractivity contribution in [1.82, 2.24) is 0 Å². The van der Waals surface area contributed by atoms with Gasteiger partial charge in [0.1, 0.15) is 0 Å². The summed E-state index contributed by atoms with van der Waals surface area (Å²) >= 11 is 3.16. The van der Waals surface area contributed by atoms with E-state index in [0.29, 0.717) is 0 Å². The Kier molecular flexibility index (Phi) is 4.27. The van der Waals surface area contributed by atoms with Crippen molar-refractivity contribution in [2.45, 2.75) is 26.2 Å². The molecule has 2 bridgehead atoms. The second kappa shape index (κ2) is 5.68.